The van der Waals surface area contributed by atoms with Crippen LogP contribution in [0.1, 0.15) is 36.8 Å². The van der Waals surface area contributed by atoms with Crippen LogP contribution < -0.4 is 10.6 Å². The molecule has 2 amide bonds. The molecule has 0 saturated heterocycles. The van der Waals surface area contributed by atoms with Crippen molar-refractivity contribution in [3.63, 3.8) is 0 Å². The Morgan fingerprint density at radius 1 is 1.12 bits per heavy atom. The lowest BCUT2D eigenvalue weighted by Crippen LogP contribution is -2.36. The summed E-state index contributed by atoms with van der Waals surface area (Å²) in [4.78, 5) is 23.5. The molecule has 7 heteroatoms. The van der Waals surface area contributed by atoms with Crippen molar-refractivity contribution in [2.24, 2.45) is 5.92 Å². The molecule has 0 aliphatic heterocycles. The molecular formula is C18H21F3N2O2. The van der Waals surface area contributed by atoms with E-state index in [0.717, 1.165) is 37.8 Å². The van der Waals surface area contributed by atoms with Crippen molar-refractivity contribution >= 4 is 17.9 Å². The fraction of sp³-hybridized carbons (Fsp3) is 0.444. The molecule has 4 nitrogen and oxygen atoms in total. The van der Waals surface area contributed by atoms with Crippen LogP contribution in [-0.2, 0) is 15.8 Å². The van der Waals surface area contributed by atoms with Crippen LogP contribution >= 0.6 is 0 Å². The molecule has 2 N–H and O–H groups in total. The van der Waals surface area contributed by atoms with Crippen LogP contribution in [0.5, 0.6) is 0 Å². The first-order chi connectivity index (χ1) is 11.9. The highest BCUT2D eigenvalue weighted by molar-refractivity contribution is 5.91. The molecule has 0 bridgehead atoms. The van der Waals surface area contributed by atoms with Crippen LogP contribution in [0.4, 0.5) is 13.2 Å². The molecule has 1 aromatic carbocycles. The maximum Gasteiger partial charge on any atom is 0.416 e. The lowest BCUT2D eigenvalue weighted by molar-refractivity contribution is -0.137. The smallest absolute Gasteiger partial charge is 0.354 e. The maximum atomic E-state index is 12.6. The Kier molecular flexibility index (Phi) is 6.61. The second-order valence-electron chi connectivity index (χ2n) is 6.02. The van der Waals surface area contributed by atoms with Gasteiger partial charge in [-0.3, -0.25) is 9.59 Å². The predicted molar refractivity (Wildman–Crippen MR) is 88.5 cm³/mol. The topological polar surface area (TPSA) is 58.2 Å². The zero-order chi connectivity index (χ0) is 18.3. The molecule has 1 aliphatic rings. The molecular weight excluding hydrogens is 333 g/mol. The predicted octanol–water partition coefficient (Wildman–Crippen LogP) is 3.14. The summed E-state index contributed by atoms with van der Waals surface area (Å²) < 4.78 is 37.8. The molecule has 136 valence electrons. The number of benzene rings is 1. The number of alkyl halides is 3. The van der Waals surface area contributed by atoms with Gasteiger partial charge in [-0.25, -0.2) is 0 Å². The van der Waals surface area contributed by atoms with E-state index in [1.54, 1.807) is 0 Å². The van der Waals surface area contributed by atoms with Crippen LogP contribution in [0.3, 0.4) is 0 Å². The molecule has 0 unspecified atom stereocenters. The van der Waals surface area contributed by atoms with E-state index in [1.807, 2.05) is 0 Å². The van der Waals surface area contributed by atoms with Gasteiger partial charge in [0.15, 0.2) is 0 Å². The molecule has 0 aromatic heterocycles. The third-order valence-electron chi connectivity index (χ3n) is 4.09. The normalized spacial score (nSPS) is 15.5. The first-order valence-corrected chi connectivity index (χ1v) is 8.27. The highest BCUT2D eigenvalue weighted by atomic mass is 19.4. The Balaban J connectivity index is 1.73. The van der Waals surface area contributed by atoms with Gasteiger partial charge in [-0.2, -0.15) is 13.2 Å². The van der Waals surface area contributed by atoms with Gasteiger partial charge < -0.3 is 10.6 Å². The molecule has 0 radical (unpaired) electrons. The molecule has 25 heavy (non-hydrogen) atoms. The van der Waals surface area contributed by atoms with E-state index in [0.29, 0.717) is 12.1 Å². The number of carbonyl (C=O) groups is 2. The Morgan fingerprint density at radius 3 is 2.48 bits per heavy atom. The van der Waals surface area contributed by atoms with Crippen molar-refractivity contribution in [1.82, 2.24) is 10.6 Å². The van der Waals surface area contributed by atoms with Crippen molar-refractivity contribution in [1.29, 1.82) is 0 Å². The van der Waals surface area contributed by atoms with Crippen LogP contribution in [0.2, 0.25) is 0 Å². The van der Waals surface area contributed by atoms with Gasteiger partial charge in [0, 0.05) is 25.1 Å². The van der Waals surface area contributed by atoms with Gasteiger partial charge in [-0.05, 0) is 36.6 Å². The Bertz CT molecular complexity index is 635. The van der Waals surface area contributed by atoms with Gasteiger partial charge in [0.25, 0.3) is 0 Å². The molecule has 1 aromatic rings. The van der Waals surface area contributed by atoms with Crippen molar-refractivity contribution in [3.05, 3.63) is 41.5 Å². The molecule has 1 fully saturated rings. The Labute approximate surface area is 144 Å². The average molecular weight is 354 g/mol. The fourth-order valence-corrected chi connectivity index (χ4v) is 2.75. The lowest BCUT2D eigenvalue weighted by atomic mass is 10.1. The minimum Gasteiger partial charge on any atom is -0.354 e. The second-order valence-corrected chi connectivity index (χ2v) is 6.02. The van der Waals surface area contributed by atoms with Gasteiger partial charge >= 0.3 is 6.18 Å². The van der Waals surface area contributed by atoms with Crippen LogP contribution in [-0.4, -0.2) is 24.9 Å². The standard InChI is InChI=1S/C18H21F3N2O2/c19-18(20,21)15-7-3-4-13(12-15)8-9-16(24)22-10-11-23-17(25)14-5-1-2-6-14/h3-4,7-9,12,14H,1-2,5-6,10-11H2,(H,22,24)(H,23,25)/b9-8+. The van der Waals surface area contributed by atoms with Gasteiger partial charge in [0.1, 0.15) is 0 Å². The monoisotopic (exact) mass is 354 g/mol. The number of halogens is 3. The van der Waals surface area contributed by atoms with E-state index < -0.39 is 17.6 Å². The van der Waals surface area contributed by atoms with Gasteiger partial charge in [0.2, 0.25) is 11.8 Å². The van der Waals surface area contributed by atoms with E-state index in [9.17, 15) is 22.8 Å². The third kappa shape index (κ3) is 6.25. The highest BCUT2D eigenvalue weighted by Crippen LogP contribution is 2.29. The minimum absolute atomic E-state index is 0.0197. The van der Waals surface area contributed by atoms with Gasteiger partial charge in [0.05, 0.1) is 5.56 Å². The number of rotatable bonds is 6. The number of nitrogens with one attached hydrogen (secondary N) is 2. The molecule has 0 heterocycles. The zero-order valence-electron chi connectivity index (χ0n) is 13.7. The third-order valence-corrected chi connectivity index (χ3v) is 4.09. The lowest BCUT2D eigenvalue weighted by Gasteiger charge is -2.10. The summed E-state index contributed by atoms with van der Waals surface area (Å²) in [5.41, 5.74) is -0.468. The van der Waals surface area contributed by atoms with Crippen LogP contribution in [0.15, 0.2) is 30.3 Å². The summed E-state index contributed by atoms with van der Waals surface area (Å²) in [6, 6.07) is 4.73. The fourth-order valence-electron chi connectivity index (χ4n) is 2.75. The van der Waals surface area contributed by atoms with Crippen molar-refractivity contribution in [2.45, 2.75) is 31.9 Å². The number of hydrogen-bond donors (Lipinski definition) is 2. The highest BCUT2D eigenvalue weighted by Gasteiger charge is 2.30. The summed E-state index contributed by atoms with van der Waals surface area (Å²) in [6.45, 7) is 0.600. The summed E-state index contributed by atoms with van der Waals surface area (Å²) in [7, 11) is 0. The molecule has 1 saturated carbocycles. The summed E-state index contributed by atoms with van der Waals surface area (Å²) in [6.07, 6.45) is 2.07. The summed E-state index contributed by atoms with van der Waals surface area (Å²) in [5.74, 6) is -0.324. The average Bonchev–Trinajstić information content (AvgIpc) is 3.11. The first kappa shape index (κ1) is 19.0. The number of carbonyl (C=O) groups excluding carboxylic acids is 2. The van der Waals surface area contributed by atoms with E-state index in [-0.39, 0.29) is 18.4 Å². The van der Waals surface area contributed by atoms with E-state index in [1.165, 1.54) is 24.3 Å². The Hall–Kier alpha value is -2.31. The molecule has 2 rings (SSSR count). The molecule has 0 spiro atoms. The molecule has 1 aliphatic carbocycles. The second kappa shape index (κ2) is 8.69. The first-order valence-electron chi connectivity index (χ1n) is 8.27. The number of hydrogen-bond acceptors (Lipinski definition) is 2. The minimum atomic E-state index is -4.41. The van der Waals surface area contributed by atoms with Crippen molar-refractivity contribution in [2.75, 3.05) is 13.1 Å². The van der Waals surface area contributed by atoms with E-state index >= 15 is 0 Å². The van der Waals surface area contributed by atoms with Crippen molar-refractivity contribution in [3.8, 4) is 0 Å². The van der Waals surface area contributed by atoms with Crippen LogP contribution in [0.25, 0.3) is 6.08 Å². The number of amides is 2. The van der Waals surface area contributed by atoms with E-state index in [4.69, 9.17) is 0 Å². The zero-order valence-corrected chi connectivity index (χ0v) is 13.7. The maximum absolute atomic E-state index is 12.6. The quantitative estimate of drug-likeness (QED) is 0.609. The van der Waals surface area contributed by atoms with Crippen LogP contribution in [0, 0.1) is 5.92 Å². The largest absolute Gasteiger partial charge is 0.416 e. The van der Waals surface area contributed by atoms with Gasteiger partial charge in [-0.1, -0.05) is 25.0 Å². The van der Waals surface area contributed by atoms with E-state index in [2.05, 4.69) is 10.6 Å². The SMILES string of the molecule is O=C(/C=C/c1cccc(C(F)(F)F)c1)NCCNC(=O)C1CCCC1. The Morgan fingerprint density at radius 2 is 1.80 bits per heavy atom. The van der Waals surface area contributed by atoms with Crippen molar-refractivity contribution < 1.29 is 22.8 Å². The summed E-state index contributed by atoms with van der Waals surface area (Å²) in [5, 5.41) is 5.36. The van der Waals surface area contributed by atoms with Gasteiger partial charge in [-0.15, -0.1) is 0 Å². The molecule has 0 atom stereocenters. The summed E-state index contributed by atoms with van der Waals surface area (Å²) >= 11 is 0.